The molecule has 0 aromatic rings. The molecule has 0 bridgehead atoms. The van der Waals surface area contributed by atoms with Crippen LogP contribution in [0, 0.1) is 0 Å². The van der Waals surface area contributed by atoms with Crippen molar-refractivity contribution in [2.75, 3.05) is 26.4 Å². The van der Waals surface area contributed by atoms with Gasteiger partial charge in [-0.05, 0) is 38.5 Å². The molecule has 0 aliphatic carbocycles. The van der Waals surface area contributed by atoms with E-state index in [9.17, 15) is 19.0 Å². The van der Waals surface area contributed by atoms with Crippen LogP contribution in [0.3, 0.4) is 0 Å². The Morgan fingerprint density at radius 2 is 0.981 bits per heavy atom. The van der Waals surface area contributed by atoms with E-state index < -0.39 is 26.5 Å². The standard InChI is InChI=1S/C44H84NO8P/c1-3-5-7-9-11-13-15-17-19-21-23-25-27-29-31-33-35-37-44(47)53-42(41-52-54(48,49)51-39-38-45)40-50-43(46)36-34-32-30-28-26-24-22-20-18-16-14-12-10-8-6-4-2/h23,25,29,31,42H,3-22,24,26-28,30,32-41,45H2,1-2H3,(H,48,49)/b25-23+,31-29+/t42-/m1/s1. The van der Waals surface area contributed by atoms with E-state index in [-0.39, 0.29) is 38.6 Å². The highest BCUT2D eigenvalue weighted by Gasteiger charge is 2.25. The minimum Gasteiger partial charge on any atom is -0.462 e. The molecule has 0 spiro atoms. The maximum Gasteiger partial charge on any atom is 0.472 e. The maximum absolute atomic E-state index is 12.6. The molecule has 10 heteroatoms. The lowest BCUT2D eigenvalue weighted by molar-refractivity contribution is -0.161. The Balaban J connectivity index is 4.18. The fraction of sp³-hybridized carbons (Fsp3) is 0.864. The van der Waals surface area contributed by atoms with Crippen LogP contribution in [0.15, 0.2) is 24.3 Å². The molecule has 0 aromatic heterocycles. The van der Waals surface area contributed by atoms with Gasteiger partial charge < -0.3 is 20.1 Å². The van der Waals surface area contributed by atoms with Crippen LogP contribution in [0.4, 0.5) is 0 Å². The molecule has 0 fully saturated rings. The van der Waals surface area contributed by atoms with Crippen molar-refractivity contribution in [1.29, 1.82) is 0 Å². The predicted molar refractivity (Wildman–Crippen MR) is 224 cm³/mol. The van der Waals surface area contributed by atoms with E-state index in [1.807, 2.05) is 0 Å². The van der Waals surface area contributed by atoms with Gasteiger partial charge in [-0.1, -0.05) is 186 Å². The molecule has 0 saturated heterocycles. The van der Waals surface area contributed by atoms with E-state index >= 15 is 0 Å². The molecule has 0 amide bonds. The Labute approximate surface area is 332 Å². The Morgan fingerprint density at radius 3 is 1.46 bits per heavy atom. The number of nitrogens with two attached hydrogens (primary N) is 1. The molecular formula is C44H84NO8P. The van der Waals surface area contributed by atoms with Crippen LogP contribution >= 0.6 is 7.82 Å². The molecule has 0 saturated carbocycles. The van der Waals surface area contributed by atoms with E-state index in [0.717, 1.165) is 38.5 Å². The molecule has 0 aliphatic rings. The zero-order valence-corrected chi connectivity index (χ0v) is 35.9. The van der Waals surface area contributed by atoms with Gasteiger partial charge in [-0.3, -0.25) is 18.6 Å². The monoisotopic (exact) mass is 786 g/mol. The lowest BCUT2D eigenvalue weighted by Gasteiger charge is -2.19. The van der Waals surface area contributed by atoms with Gasteiger partial charge in [0.15, 0.2) is 6.10 Å². The fourth-order valence-electron chi connectivity index (χ4n) is 6.26. The van der Waals surface area contributed by atoms with Crippen LogP contribution < -0.4 is 5.73 Å². The average molecular weight is 786 g/mol. The summed E-state index contributed by atoms with van der Waals surface area (Å²) in [5.74, 6) is -0.873. The van der Waals surface area contributed by atoms with Crippen molar-refractivity contribution < 1.29 is 37.6 Å². The summed E-state index contributed by atoms with van der Waals surface area (Å²) in [7, 11) is -4.38. The van der Waals surface area contributed by atoms with Crippen molar-refractivity contribution in [2.45, 2.75) is 219 Å². The van der Waals surface area contributed by atoms with Crippen LogP contribution in [0.1, 0.15) is 213 Å². The second-order valence-electron chi connectivity index (χ2n) is 14.9. The largest absolute Gasteiger partial charge is 0.472 e. The number of hydrogen-bond donors (Lipinski definition) is 2. The Hall–Kier alpha value is -1.51. The van der Waals surface area contributed by atoms with Gasteiger partial charge >= 0.3 is 19.8 Å². The second-order valence-corrected chi connectivity index (χ2v) is 16.4. The van der Waals surface area contributed by atoms with Crippen molar-refractivity contribution in [1.82, 2.24) is 0 Å². The molecule has 3 N–H and O–H groups in total. The zero-order chi connectivity index (χ0) is 39.6. The van der Waals surface area contributed by atoms with Crippen LogP contribution in [0.5, 0.6) is 0 Å². The first-order valence-corrected chi connectivity index (χ1v) is 23.8. The number of hydrogen-bond acceptors (Lipinski definition) is 8. The highest BCUT2D eigenvalue weighted by Crippen LogP contribution is 2.43. The molecule has 0 rings (SSSR count). The van der Waals surface area contributed by atoms with Crippen molar-refractivity contribution in [3.63, 3.8) is 0 Å². The molecule has 0 radical (unpaired) electrons. The number of phosphoric acid groups is 1. The molecule has 0 aliphatic heterocycles. The van der Waals surface area contributed by atoms with E-state index in [1.54, 1.807) is 0 Å². The summed E-state index contributed by atoms with van der Waals surface area (Å²) >= 11 is 0. The fourth-order valence-corrected chi connectivity index (χ4v) is 7.03. The number of phosphoric ester groups is 1. The average Bonchev–Trinajstić information content (AvgIpc) is 3.16. The topological polar surface area (TPSA) is 134 Å². The van der Waals surface area contributed by atoms with Crippen molar-refractivity contribution >= 4 is 19.8 Å². The van der Waals surface area contributed by atoms with Crippen LogP contribution in [0.25, 0.3) is 0 Å². The van der Waals surface area contributed by atoms with E-state index in [4.69, 9.17) is 24.3 Å². The van der Waals surface area contributed by atoms with Gasteiger partial charge in [-0.25, -0.2) is 4.57 Å². The van der Waals surface area contributed by atoms with Crippen LogP contribution in [-0.4, -0.2) is 49.3 Å². The molecule has 318 valence electrons. The van der Waals surface area contributed by atoms with E-state index in [1.165, 1.54) is 141 Å². The first kappa shape index (κ1) is 52.5. The van der Waals surface area contributed by atoms with Gasteiger partial charge in [0.25, 0.3) is 0 Å². The zero-order valence-electron chi connectivity index (χ0n) is 35.0. The molecule has 0 aromatic carbocycles. The number of rotatable bonds is 42. The van der Waals surface area contributed by atoms with E-state index in [0.29, 0.717) is 6.42 Å². The maximum atomic E-state index is 12.6. The number of carbonyl (C=O) groups is 2. The Bertz CT molecular complexity index is 944. The summed E-state index contributed by atoms with van der Waals surface area (Å²) in [5.41, 5.74) is 5.34. The number of esters is 2. The third-order valence-corrected chi connectivity index (χ3v) is 10.6. The molecule has 0 heterocycles. The third-order valence-electron chi connectivity index (χ3n) is 9.59. The van der Waals surface area contributed by atoms with Crippen molar-refractivity contribution in [2.24, 2.45) is 5.73 Å². The quantitative estimate of drug-likeness (QED) is 0.0268. The summed E-state index contributed by atoms with van der Waals surface area (Å²) < 4.78 is 32.7. The summed E-state index contributed by atoms with van der Waals surface area (Å²) in [5, 5.41) is 0. The molecule has 2 atom stereocenters. The highest BCUT2D eigenvalue weighted by atomic mass is 31.2. The van der Waals surface area contributed by atoms with Gasteiger partial charge in [0, 0.05) is 19.4 Å². The third kappa shape index (κ3) is 40.2. The van der Waals surface area contributed by atoms with Gasteiger partial charge in [-0.15, -0.1) is 0 Å². The Kier molecular flexibility index (Phi) is 40.0. The summed E-state index contributed by atoms with van der Waals surface area (Å²) in [6.07, 6.45) is 43.6. The van der Waals surface area contributed by atoms with Crippen LogP contribution in [-0.2, 0) is 32.7 Å². The van der Waals surface area contributed by atoms with Gasteiger partial charge in [0.2, 0.25) is 0 Å². The second kappa shape index (κ2) is 41.1. The summed E-state index contributed by atoms with van der Waals surface area (Å²) in [6.45, 7) is 3.71. The Morgan fingerprint density at radius 1 is 0.556 bits per heavy atom. The van der Waals surface area contributed by atoms with Gasteiger partial charge in [0.1, 0.15) is 6.61 Å². The van der Waals surface area contributed by atoms with Crippen LogP contribution in [0.2, 0.25) is 0 Å². The smallest absolute Gasteiger partial charge is 0.462 e. The number of carbonyl (C=O) groups excluding carboxylic acids is 2. The number of ether oxygens (including phenoxy) is 2. The first-order chi connectivity index (χ1) is 26.3. The number of allylic oxidation sites excluding steroid dienone is 4. The summed E-state index contributed by atoms with van der Waals surface area (Å²) in [6, 6.07) is 0. The van der Waals surface area contributed by atoms with Gasteiger partial charge in [-0.2, -0.15) is 0 Å². The van der Waals surface area contributed by atoms with Crippen molar-refractivity contribution in [3.8, 4) is 0 Å². The van der Waals surface area contributed by atoms with Gasteiger partial charge in [0.05, 0.1) is 13.2 Å². The normalized spacial score (nSPS) is 13.5. The lowest BCUT2D eigenvalue weighted by Crippen LogP contribution is -2.29. The highest BCUT2D eigenvalue weighted by molar-refractivity contribution is 7.47. The predicted octanol–water partition coefficient (Wildman–Crippen LogP) is 12.8. The molecule has 54 heavy (non-hydrogen) atoms. The lowest BCUT2D eigenvalue weighted by atomic mass is 10.0. The first-order valence-electron chi connectivity index (χ1n) is 22.3. The van der Waals surface area contributed by atoms with Crippen molar-refractivity contribution in [3.05, 3.63) is 24.3 Å². The molecule has 9 nitrogen and oxygen atoms in total. The number of unbranched alkanes of at least 4 members (excludes halogenated alkanes) is 25. The minimum absolute atomic E-state index is 0.0490. The summed E-state index contributed by atoms with van der Waals surface area (Å²) in [4.78, 5) is 34.8. The SMILES string of the molecule is CCCCCCCCCCC/C=C/C/C=C/CCCC(=O)O[C@H](COC(=O)CCCCCCCCCCCCCCCCCC)COP(=O)(O)OCCN. The molecule has 1 unspecified atom stereocenters. The minimum atomic E-state index is -4.38. The van der Waals surface area contributed by atoms with E-state index in [2.05, 4.69) is 38.2 Å². The molecular weight excluding hydrogens is 701 g/mol.